The lowest BCUT2D eigenvalue weighted by molar-refractivity contribution is 0.670. The van der Waals surface area contributed by atoms with Crippen molar-refractivity contribution in [3.05, 3.63) is 200 Å². The summed E-state index contributed by atoms with van der Waals surface area (Å²) in [7, 11) is 0. The Balaban J connectivity index is 1.13. The zero-order valence-corrected chi connectivity index (χ0v) is 32.2. The van der Waals surface area contributed by atoms with Gasteiger partial charge in [-0.15, -0.1) is 0 Å². The van der Waals surface area contributed by atoms with Crippen LogP contribution in [-0.2, 0) is 0 Å². The monoisotopic (exact) mass is 767 g/mol. The van der Waals surface area contributed by atoms with Crippen molar-refractivity contribution < 1.29 is 8.83 Å². The first-order chi connectivity index (χ1) is 29.7. The van der Waals surface area contributed by atoms with E-state index in [0.717, 1.165) is 116 Å². The molecule has 4 aromatic heterocycles. The number of rotatable bonds is 6. The average molecular weight is 768 g/mol. The molecule has 0 aliphatic heterocycles. The number of hydrogen-bond acceptors (Lipinski definition) is 5. The number of nitrogens with zero attached hydrogens (tertiary/aromatic N) is 3. The molecule has 4 heterocycles. The summed E-state index contributed by atoms with van der Waals surface area (Å²) < 4.78 is 13.3. The molecule has 0 saturated carbocycles. The van der Waals surface area contributed by atoms with Gasteiger partial charge in [0.1, 0.15) is 22.3 Å². The summed E-state index contributed by atoms with van der Waals surface area (Å²) in [6.45, 7) is 0. The Bertz CT molecular complexity index is 3470. The predicted octanol–water partition coefficient (Wildman–Crippen LogP) is 14.8. The molecule has 5 nitrogen and oxygen atoms in total. The molecule has 60 heavy (non-hydrogen) atoms. The van der Waals surface area contributed by atoms with Gasteiger partial charge in [-0.2, -0.15) is 0 Å². The van der Waals surface area contributed by atoms with Gasteiger partial charge in [0.05, 0.1) is 11.4 Å². The number of hydrogen-bond donors (Lipinski definition) is 0. The molecule has 0 fully saturated rings. The molecule has 5 heteroatoms. The van der Waals surface area contributed by atoms with Crippen LogP contribution in [0, 0.1) is 0 Å². The van der Waals surface area contributed by atoms with Crippen molar-refractivity contribution in [1.82, 2.24) is 15.0 Å². The highest BCUT2D eigenvalue weighted by Crippen LogP contribution is 2.43. The topological polar surface area (TPSA) is 65.0 Å². The minimum atomic E-state index is 0.647. The third kappa shape index (κ3) is 5.59. The summed E-state index contributed by atoms with van der Waals surface area (Å²) in [5, 5.41) is 6.56. The fraction of sp³-hybridized carbons (Fsp3) is 0. The smallest absolute Gasteiger partial charge is 0.160 e. The molecule has 12 aromatic rings. The Labute approximate surface area is 344 Å². The molecule has 0 radical (unpaired) electrons. The third-order valence-electron chi connectivity index (χ3n) is 11.6. The first kappa shape index (κ1) is 33.9. The van der Waals surface area contributed by atoms with Crippen LogP contribution in [0.1, 0.15) is 0 Å². The van der Waals surface area contributed by atoms with E-state index in [1.165, 1.54) is 0 Å². The van der Waals surface area contributed by atoms with Crippen molar-refractivity contribution in [1.29, 1.82) is 0 Å². The van der Waals surface area contributed by atoms with Gasteiger partial charge in [-0.05, 0) is 69.9 Å². The van der Waals surface area contributed by atoms with E-state index < -0.39 is 0 Å². The zero-order chi connectivity index (χ0) is 39.6. The molecule has 0 N–H and O–H groups in total. The second-order valence-corrected chi connectivity index (χ2v) is 15.1. The van der Waals surface area contributed by atoms with E-state index in [1.54, 1.807) is 0 Å². The second-order valence-electron chi connectivity index (χ2n) is 15.1. The number of aromatic nitrogens is 3. The van der Waals surface area contributed by atoms with Gasteiger partial charge in [0, 0.05) is 67.3 Å². The van der Waals surface area contributed by atoms with Crippen LogP contribution in [0.4, 0.5) is 0 Å². The lowest BCUT2D eigenvalue weighted by atomic mass is 9.92. The molecule has 8 aromatic carbocycles. The first-order valence-corrected chi connectivity index (χ1v) is 20.1. The van der Waals surface area contributed by atoms with Crippen LogP contribution in [0.5, 0.6) is 0 Å². The first-order valence-electron chi connectivity index (χ1n) is 20.1. The van der Waals surface area contributed by atoms with Gasteiger partial charge < -0.3 is 8.83 Å². The number of fused-ring (bicyclic) bond motifs is 7. The predicted molar refractivity (Wildman–Crippen MR) is 245 cm³/mol. The highest BCUT2D eigenvalue weighted by molar-refractivity contribution is 6.12. The molecule has 0 spiro atoms. The molecule has 0 aliphatic carbocycles. The molecule has 0 atom stereocenters. The molecular formula is C55H33N3O2. The van der Waals surface area contributed by atoms with Crippen LogP contribution in [0.3, 0.4) is 0 Å². The lowest BCUT2D eigenvalue weighted by Gasteiger charge is -2.15. The van der Waals surface area contributed by atoms with Crippen molar-refractivity contribution >= 4 is 54.6 Å². The molecule has 0 aliphatic rings. The summed E-state index contributed by atoms with van der Waals surface area (Å²) in [4.78, 5) is 15.1. The van der Waals surface area contributed by atoms with Crippen molar-refractivity contribution in [3.8, 4) is 67.3 Å². The van der Waals surface area contributed by atoms with Gasteiger partial charge in [-0.25, -0.2) is 9.97 Å². The van der Waals surface area contributed by atoms with Crippen LogP contribution in [-0.4, -0.2) is 15.0 Å². The number of pyridine rings is 1. The van der Waals surface area contributed by atoms with E-state index >= 15 is 0 Å². The minimum absolute atomic E-state index is 0.647. The lowest BCUT2D eigenvalue weighted by Crippen LogP contribution is -1.97. The van der Waals surface area contributed by atoms with Gasteiger partial charge in [-0.1, -0.05) is 146 Å². The van der Waals surface area contributed by atoms with Gasteiger partial charge in [-0.3, -0.25) is 4.98 Å². The van der Waals surface area contributed by atoms with Crippen LogP contribution >= 0.6 is 0 Å². The molecule has 0 amide bonds. The van der Waals surface area contributed by atoms with E-state index in [0.29, 0.717) is 5.82 Å². The minimum Gasteiger partial charge on any atom is -0.455 e. The van der Waals surface area contributed by atoms with Gasteiger partial charge in [0.15, 0.2) is 5.82 Å². The summed E-state index contributed by atoms with van der Waals surface area (Å²) in [5.41, 5.74) is 14.1. The molecule has 280 valence electrons. The Hall–Kier alpha value is -8.15. The van der Waals surface area contributed by atoms with Gasteiger partial charge >= 0.3 is 0 Å². The second kappa shape index (κ2) is 13.8. The van der Waals surface area contributed by atoms with Gasteiger partial charge in [0.25, 0.3) is 0 Å². The summed E-state index contributed by atoms with van der Waals surface area (Å²) in [6.07, 6.45) is 3.72. The Kier molecular flexibility index (Phi) is 7.78. The Morgan fingerprint density at radius 1 is 0.317 bits per heavy atom. The van der Waals surface area contributed by atoms with Crippen LogP contribution in [0.25, 0.3) is 122 Å². The van der Waals surface area contributed by atoms with Gasteiger partial charge in [0.2, 0.25) is 0 Å². The standard InChI is InChI=1S/C55H33N3O2/c1-2-13-34(14-3-1)55-57-49(32-50(58-55)44-23-11-21-42-39(18-8-22-43(42)44)35-15-12-28-56-33-35)38-30-36(40-19-9-24-47-45-16-4-6-26-51(45)59-53(40)47)29-37(31-38)41-20-10-25-48-46-17-5-7-27-52(46)60-54(41)48/h1-33H. The summed E-state index contributed by atoms with van der Waals surface area (Å²) in [5.74, 6) is 0.647. The highest BCUT2D eigenvalue weighted by atomic mass is 16.3. The Morgan fingerprint density at radius 3 is 1.45 bits per heavy atom. The zero-order valence-electron chi connectivity index (χ0n) is 32.2. The SMILES string of the molecule is c1ccc(-c2nc(-c3cc(-c4cccc5c4oc4ccccc45)cc(-c4cccc5c4oc4ccccc45)c3)cc(-c3cccc4c(-c5cccnc5)cccc34)n2)cc1. The van der Waals surface area contributed by atoms with Crippen molar-refractivity contribution in [3.63, 3.8) is 0 Å². The maximum absolute atomic E-state index is 6.63. The van der Waals surface area contributed by atoms with E-state index in [9.17, 15) is 0 Å². The largest absolute Gasteiger partial charge is 0.455 e. The van der Waals surface area contributed by atoms with Crippen LogP contribution < -0.4 is 0 Å². The highest BCUT2D eigenvalue weighted by Gasteiger charge is 2.20. The molecule has 0 unspecified atom stereocenters. The number of benzene rings is 8. The molecule has 0 bridgehead atoms. The van der Waals surface area contributed by atoms with E-state index in [1.807, 2.05) is 60.9 Å². The maximum atomic E-state index is 6.63. The van der Waals surface area contributed by atoms with Crippen LogP contribution in [0.15, 0.2) is 209 Å². The fourth-order valence-electron chi connectivity index (χ4n) is 8.79. The van der Waals surface area contributed by atoms with Crippen LogP contribution in [0.2, 0.25) is 0 Å². The normalized spacial score (nSPS) is 11.7. The van der Waals surface area contributed by atoms with Crippen molar-refractivity contribution in [2.45, 2.75) is 0 Å². The maximum Gasteiger partial charge on any atom is 0.160 e. The van der Waals surface area contributed by atoms with E-state index in [2.05, 4.69) is 145 Å². The number of para-hydroxylation sites is 4. The summed E-state index contributed by atoms with van der Waals surface area (Å²) in [6, 6.07) is 65.3. The molecule has 12 rings (SSSR count). The Morgan fingerprint density at radius 2 is 0.817 bits per heavy atom. The quantitative estimate of drug-likeness (QED) is 0.169. The number of furan rings is 2. The van der Waals surface area contributed by atoms with E-state index in [4.69, 9.17) is 18.8 Å². The van der Waals surface area contributed by atoms with E-state index in [-0.39, 0.29) is 0 Å². The summed E-state index contributed by atoms with van der Waals surface area (Å²) >= 11 is 0. The fourth-order valence-corrected chi connectivity index (χ4v) is 8.79. The van der Waals surface area contributed by atoms with Crippen molar-refractivity contribution in [2.24, 2.45) is 0 Å². The molecular weight excluding hydrogens is 735 g/mol. The average Bonchev–Trinajstić information content (AvgIpc) is 3.90. The molecule has 0 saturated heterocycles. The third-order valence-corrected chi connectivity index (χ3v) is 11.6. The van der Waals surface area contributed by atoms with Crippen molar-refractivity contribution in [2.75, 3.05) is 0 Å².